The van der Waals surface area contributed by atoms with Crippen LogP contribution >= 0.6 is 22.9 Å². The fourth-order valence-corrected chi connectivity index (χ4v) is 3.08. The molecule has 3 rings (SSSR count). The van der Waals surface area contributed by atoms with E-state index in [9.17, 15) is 0 Å². The molecule has 3 aromatic rings. The van der Waals surface area contributed by atoms with Crippen molar-refractivity contribution >= 4 is 28.8 Å². The van der Waals surface area contributed by atoms with Gasteiger partial charge in [-0.2, -0.15) is 0 Å². The molecule has 0 aliphatic carbocycles. The van der Waals surface area contributed by atoms with Crippen LogP contribution in [0.15, 0.2) is 34.3 Å². The van der Waals surface area contributed by atoms with E-state index in [1.165, 1.54) is 11.3 Å². The summed E-state index contributed by atoms with van der Waals surface area (Å²) in [7, 11) is 0. The Hall–Kier alpha value is -1.85. The van der Waals surface area contributed by atoms with Gasteiger partial charge in [-0.25, -0.2) is 0 Å². The fraction of sp³-hybridized carbons (Fsp3) is 0.0769. The van der Waals surface area contributed by atoms with Crippen LogP contribution in [0.3, 0.4) is 0 Å². The van der Waals surface area contributed by atoms with Gasteiger partial charge in [0, 0.05) is 6.20 Å². The second kappa shape index (κ2) is 4.68. The number of anilines is 1. The minimum Gasteiger partial charge on any atom is -0.367 e. The summed E-state index contributed by atoms with van der Waals surface area (Å²) in [6, 6.07) is 5.59. The molecule has 0 spiro atoms. The third-order valence-corrected chi connectivity index (χ3v) is 4.46. The molecule has 0 amide bonds. The highest BCUT2D eigenvalue weighted by molar-refractivity contribution is 7.14. The summed E-state index contributed by atoms with van der Waals surface area (Å²) < 4.78 is 5.10. The average Bonchev–Trinajstić information content (AvgIpc) is 2.95. The third kappa shape index (κ3) is 2.01. The number of thiophene rings is 1. The Morgan fingerprint density at radius 1 is 1.37 bits per heavy atom. The Bertz CT molecular complexity index is 721. The number of aryl methyl sites for hydroxylation is 1. The molecule has 0 aliphatic heterocycles. The molecule has 0 unspecified atom stereocenters. The number of hydrogen-bond acceptors (Lipinski definition) is 5. The zero-order valence-electron chi connectivity index (χ0n) is 10.1. The highest BCUT2D eigenvalue weighted by Crippen LogP contribution is 2.42. The van der Waals surface area contributed by atoms with Gasteiger partial charge in [0.15, 0.2) is 0 Å². The predicted molar refractivity (Wildman–Crippen MR) is 77.2 cm³/mol. The molecule has 96 valence electrons. The molecule has 3 heterocycles. The van der Waals surface area contributed by atoms with Gasteiger partial charge in [0.1, 0.15) is 5.69 Å². The van der Waals surface area contributed by atoms with Crippen LogP contribution in [0.25, 0.3) is 21.8 Å². The average molecular weight is 292 g/mol. The number of aromatic nitrogens is 2. The van der Waals surface area contributed by atoms with Crippen molar-refractivity contribution in [1.82, 2.24) is 10.1 Å². The van der Waals surface area contributed by atoms with Crippen LogP contribution in [-0.4, -0.2) is 10.1 Å². The molecule has 0 saturated carbocycles. The molecular formula is C13H10ClN3OS. The second-order valence-corrected chi connectivity index (χ2v) is 5.30. The molecule has 0 atom stereocenters. The minimum atomic E-state index is 0.246. The lowest BCUT2D eigenvalue weighted by Gasteiger charge is -2.00. The molecule has 0 aromatic carbocycles. The molecule has 19 heavy (non-hydrogen) atoms. The van der Waals surface area contributed by atoms with E-state index in [0.29, 0.717) is 16.3 Å². The first-order valence-corrected chi connectivity index (χ1v) is 6.84. The smallest absolute Gasteiger partial charge is 0.232 e. The number of hydrogen-bond donors (Lipinski definition) is 1. The predicted octanol–water partition coefficient (Wildman–Crippen LogP) is 4.01. The van der Waals surface area contributed by atoms with Crippen molar-refractivity contribution in [3.05, 3.63) is 40.4 Å². The number of nitrogens with zero attached hydrogens (tertiary/aromatic N) is 2. The first-order valence-electron chi connectivity index (χ1n) is 5.59. The Morgan fingerprint density at radius 3 is 2.84 bits per heavy atom. The quantitative estimate of drug-likeness (QED) is 0.775. The van der Waals surface area contributed by atoms with Crippen LogP contribution < -0.4 is 5.73 Å². The second-order valence-electron chi connectivity index (χ2n) is 4.05. The first-order chi connectivity index (χ1) is 9.18. The molecule has 0 saturated heterocycles. The highest BCUT2D eigenvalue weighted by Gasteiger charge is 2.22. The standard InChI is InChI=1S/C13H10ClN3OS/c1-7-6-19-12(10(7)14)11-9(13(15)18-17-11)8-4-2-3-5-16-8/h2-6H,15H2,1H3. The van der Waals surface area contributed by atoms with E-state index in [0.717, 1.165) is 16.1 Å². The van der Waals surface area contributed by atoms with E-state index in [1.807, 2.05) is 30.5 Å². The Labute approximate surface area is 118 Å². The van der Waals surface area contributed by atoms with Crippen molar-refractivity contribution in [2.75, 3.05) is 5.73 Å². The van der Waals surface area contributed by atoms with Gasteiger partial charge in [-0.05, 0) is 30.0 Å². The van der Waals surface area contributed by atoms with E-state index in [-0.39, 0.29) is 5.88 Å². The van der Waals surface area contributed by atoms with E-state index < -0.39 is 0 Å². The third-order valence-electron chi connectivity index (χ3n) is 2.75. The van der Waals surface area contributed by atoms with E-state index in [1.54, 1.807) is 6.20 Å². The van der Waals surface area contributed by atoms with Crippen molar-refractivity contribution in [1.29, 1.82) is 0 Å². The van der Waals surface area contributed by atoms with E-state index >= 15 is 0 Å². The van der Waals surface area contributed by atoms with E-state index in [4.69, 9.17) is 21.9 Å². The van der Waals surface area contributed by atoms with Crippen LogP contribution in [0.1, 0.15) is 5.56 Å². The zero-order valence-corrected chi connectivity index (χ0v) is 11.6. The number of halogens is 1. The van der Waals surface area contributed by atoms with Gasteiger partial charge in [-0.3, -0.25) is 4.98 Å². The Kier molecular flexibility index (Phi) is 3.00. The number of nitrogens with two attached hydrogens (primary N) is 1. The van der Waals surface area contributed by atoms with Gasteiger partial charge in [-0.15, -0.1) is 11.3 Å². The number of pyridine rings is 1. The summed E-state index contributed by atoms with van der Waals surface area (Å²) in [4.78, 5) is 5.13. The van der Waals surface area contributed by atoms with Crippen LogP contribution in [-0.2, 0) is 0 Å². The maximum atomic E-state index is 6.28. The molecule has 0 bridgehead atoms. The highest BCUT2D eigenvalue weighted by atomic mass is 35.5. The molecular weight excluding hydrogens is 282 g/mol. The topological polar surface area (TPSA) is 64.9 Å². The molecule has 0 aliphatic rings. The number of rotatable bonds is 2. The van der Waals surface area contributed by atoms with Crippen LogP contribution in [0.4, 0.5) is 5.88 Å². The molecule has 0 radical (unpaired) electrons. The van der Waals surface area contributed by atoms with Gasteiger partial charge in [0.2, 0.25) is 5.88 Å². The normalized spacial score (nSPS) is 10.8. The van der Waals surface area contributed by atoms with Gasteiger partial charge in [-0.1, -0.05) is 22.8 Å². The molecule has 2 N–H and O–H groups in total. The zero-order chi connectivity index (χ0) is 13.4. The van der Waals surface area contributed by atoms with Gasteiger partial charge in [0.25, 0.3) is 0 Å². The lowest BCUT2D eigenvalue weighted by Crippen LogP contribution is -1.89. The minimum absolute atomic E-state index is 0.246. The molecule has 3 aromatic heterocycles. The SMILES string of the molecule is Cc1csc(-c2noc(N)c2-c2ccccn2)c1Cl. The van der Waals surface area contributed by atoms with Crippen LogP contribution in [0, 0.1) is 6.92 Å². The Morgan fingerprint density at radius 2 is 2.21 bits per heavy atom. The maximum absolute atomic E-state index is 6.28. The summed E-state index contributed by atoms with van der Waals surface area (Å²) in [6.45, 7) is 1.95. The van der Waals surface area contributed by atoms with Crippen molar-refractivity contribution in [3.8, 4) is 21.8 Å². The van der Waals surface area contributed by atoms with Crippen LogP contribution in [0.2, 0.25) is 5.02 Å². The summed E-state index contributed by atoms with van der Waals surface area (Å²) >= 11 is 7.79. The lowest BCUT2D eigenvalue weighted by molar-refractivity contribution is 0.439. The Balaban J connectivity index is 2.22. The fourth-order valence-electron chi connectivity index (χ4n) is 1.81. The summed E-state index contributed by atoms with van der Waals surface area (Å²) in [5, 5.41) is 6.68. The molecule has 4 nitrogen and oxygen atoms in total. The van der Waals surface area contributed by atoms with Crippen molar-refractivity contribution in [3.63, 3.8) is 0 Å². The van der Waals surface area contributed by atoms with Crippen molar-refractivity contribution in [2.24, 2.45) is 0 Å². The van der Waals surface area contributed by atoms with Crippen molar-refractivity contribution in [2.45, 2.75) is 6.92 Å². The largest absolute Gasteiger partial charge is 0.367 e. The van der Waals surface area contributed by atoms with Gasteiger partial charge in [0.05, 0.1) is 21.2 Å². The first kappa shape index (κ1) is 12.2. The molecule has 0 fully saturated rings. The summed E-state index contributed by atoms with van der Waals surface area (Å²) in [6.07, 6.45) is 1.70. The lowest BCUT2D eigenvalue weighted by atomic mass is 10.1. The van der Waals surface area contributed by atoms with E-state index in [2.05, 4.69) is 10.1 Å². The van der Waals surface area contributed by atoms with Gasteiger partial charge >= 0.3 is 0 Å². The summed E-state index contributed by atoms with van der Waals surface area (Å²) in [5.41, 5.74) is 8.91. The molecule has 6 heteroatoms. The van der Waals surface area contributed by atoms with Crippen molar-refractivity contribution < 1.29 is 4.52 Å². The monoisotopic (exact) mass is 291 g/mol. The van der Waals surface area contributed by atoms with Gasteiger partial charge < -0.3 is 10.3 Å². The summed E-state index contributed by atoms with van der Waals surface area (Å²) in [5.74, 6) is 0.246. The van der Waals surface area contributed by atoms with Crippen LogP contribution in [0.5, 0.6) is 0 Å². The number of nitrogen functional groups attached to an aromatic ring is 1. The maximum Gasteiger partial charge on any atom is 0.232 e.